The van der Waals surface area contributed by atoms with Crippen LogP contribution in [0.15, 0.2) is 75.9 Å². The molecule has 6 heteroatoms. The van der Waals surface area contributed by atoms with Crippen molar-refractivity contribution >= 4 is 5.91 Å². The van der Waals surface area contributed by atoms with E-state index < -0.39 is 5.41 Å². The second kappa shape index (κ2) is 7.12. The number of amides is 1. The zero-order chi connectivity index (χ0) is 22.7. The van der Waals surface area contributed by atoms with Gasteiger partial charge >= 0.3 is 0 Å². The number of hydrogen-bond donors (Lipinski definition) is 1. The summed E-state index contributed by atoms with van der Waals surface area (Å²) in [6.45, 7) is 8.37. The molecule has 0 saturated heterocycles. The largest absolute Gasteiger partial charge is 0.362 e. The maximum Gasteiger partial charge on any atom is 0.252 e. The Balaban J connectivity index is 1.75. The third-order valence-corrected chi connectivity index (χ3v) is 7.36. The summed E-state index contributed by atoms with van der Waals surface area (Å²) < 4.78 is 0. The lowest BCUT2D eigenvalue weighted by molar-refractivity contribution is -0.132. The Hall–Kier alpha value is -3.28. The molecule has 32 heavy (non-hydrogen) atoms. The van der Waals surface area contributed by atoms with Gasteiger partial charge in [-0.3, -0.25) is 9.78 Å². The molecule has 3 aliphatic rings. The number of hydrogen-bond acceptors (Lipinski definition) is 5. The summed E-state index contributed by atoms with van der Waals surface area (Å²) in [5.41, 5.74) is 6.34. The summed E-state index contributed by atoms with van der Waals surface area (Å²) in [5.74, 6) is 0.0713. The standard InChI is InChI=1S/C26H29N5O/c1-6-26(19-9-7-8-17(13-19)18-10-11-27-16(2)12-18)20-15-28-30-23(20)29-21-14-25(3,4)31(5)24(32)22(21)26/h7-13,15,23,29H,6,14H2,1-5H3. The van der Waals surface area contributed by atoms with Crippen molar-refractivity contribution in [3.63, 3.8) is 0 Å². The maximum absolute atomic E-state index is 13.8. The number of carbonyl (C=O) groups is 1. The predicted molar refractivity (Wildman–Crippen MR) is 125 cm³/mol. The van der Waals surface area contributed by atoms with Gasteiger partial charge in [0.15, 0.2) is 6.17 Å². The van der Waals surface area contributed by atoms with Gasteiger partial charge in [-0.15, -0.1) is 0 Å². The molecule has 2 atom stereocenters. The van der Waals surface area contributed by atoms with Gasteiger partial charge in [0.1, 0.15) is 0 Å². The van der Waals surface area contributed by atoms with E-state index >= 15 is 0 Å². The molecule has 5 rings (SSSR count). The lowest BCUT2D eigenvalue weighted by atomic mass is 9.61. The first-order valence-corrected chi connectivity index (χ1v) is 11.2. The molecule has 2 aromatic rings. The summed E-state index contributed by atoms with van der Waals surface area (Å²) in [4.78, 5) is 20.1. The van der Waals surface area contributed by atoms with Crippen LogP contribution in [-0.2, 0) is 10.2 Å². The molecule has 164 valence electrons. The van der Waals surface area contributed by atoms with Crippen LogP contribution in [0.2, 0.25) is 0 Å². The summed E-state index contributed by atoms with van der Waals surface area (Å²) in [5, 5.41) is 12.3. The minimum atomic E-state index is -0.575. The smallest absolute Gasteiger partial charge is 0.252 e. The van der Waals surface area contributed by atoms with Crippen molar-refractivity contribution in [3.05, 3.63) is 76.9 Å². The number of likely N-dealkylation sites (N-methyl/N-ethyl adjacent to an activating group) is 1. The van der Waals surface area contributed by atoms with Gasteiger partial charge in [-0.05, 0) is 62.1 Å². The van der Waals surface area contributed by atoms with E-state index in [0.29, 0.717) is 0 Å². The maximum atomic E-state index is 13.8. The van der Waals surface area contributed by atoms with Crippen LogP contribution >= 0.6 is 0 Å². The highest BCUT2D eigenvalue weighted by Crippen LogP contribution is 2.52. The molecule has 1 aromatic heterocycles. The molecule has 0 bridgehead atoms. The van der Waals surface area contributed by atoms with E-state index in [9.17, 15) is 4.79 Å². The van der Waals surface area contributed by atoms with Crippen LogP contribution in [0.3, 0.4) is 0 Å². The van der Waals surface area contributed by atoms with Gasteiger partial charge in [-0.2, -0.15) is 10.2 Å². The molecular formula is C26H29N5O. The Morgan fingerprint density at radius 1 is 1.19 bits per heavy atom. The molecule has 3 aliphatic heterocycles. The summed E-state index contributed by atoms with van der Waals surface area (Å²) in [6, 6.07) is 12.7. The zero-order valence-corrected chi connectivity index (χ0v) is 19.3. The van der Waals surface area contributed by atoms with Crippen molar-refractivity contribution in [3.8, 4) is 11.1 Å². The Morgan fingerprint density at radius 2 is 1.97 bits per heavy atom. The minimum Gasteiger partial charge on any atom is -0.362 e. The van der Waals surface area contributed by atoms with E-state index in [1.165, 1.54) is 0 Å². The van der Waals surface area contributed by atoms with E-state index in [1.807, 2.05) is 37.3 Å². The fraction of sp³-hybridized carbons (Fsp3) is 0.385. The molecule has 0 fully saturated rings. The SMILES string of the molecule is CCC1(c2cccc(-c3ccnc(C)c3)c2)C2=CN=NC2NC2=C1C(=O)N(C)C(C)(C)C2. The van der Waals surface area contributed by atoms with Crippen LogP contribution in [0, 0.1) is 6.92 Å². The zero-order valence-electron chi connectivity index (χ0n) is 19.3. The van der Waals surface area contributed by atoms with E-state index in [-0.39, 0.29) is 17.6 Å². The normalized spacial score (nSPS) is 25.9. The van der Waals surface area contributed by atoms with Gasteiger partial charge < -0.3 is 10.2 Å². The molecule has 1 N–H and O–H groups in total. The molecular weight excluding hydrogens is 398 g/mol. The molecule has 0 radical (unpaired) electrons. The molecule has 0 aliphatic carbocycles. The van der Waals surface area contributed by atoms with Gasteiger partial charge in [0.2, 0.25) is 0 Å². The third-order valence-electron chi connectivity index (χ3n) is 7.36. The molecule has 4 heterocycles. The van der Waals surface area contributed by atoms with Crippen molar-refractivity contribution < 1.29 is 4.79 Å². The second-order valence-corrected chi connectivity index (χ2v) is 9.59. The van der Waals surface area contributed by atoms with E-state index in [4.69, 9.17) is 0 Å². The highest BCUT2D eigenvalue weighted by molar-refractivity contribution is 6.00. The van der Waals surface area contributed by atoms with Gasteiger partial charge in [-0.1, -0.05) is 25.1 Å². The minimum absolute atomic E-state index is 0.0713. The van der Waals surface area contributed by atoms with Gasteiger partial charge in [0.05, 0.1) is 17.2 Å². The summed E-state index contributed by atoms with van der Waals surface area (Å²) >= 11 is 0. The number of fused-ring (bicyclic) bond motifs is 1. The lowest BCUT2D eigenvalue weighted by Crippen LogP contribution is -2.58. The highest BCUT2D eigenvalue weighted by Gasteiger charge is 2.54. The number of azo groups is 1. The van der Waals surface area contributed by atoms with Crippen LogP contribution < -0.4 is 5.32 Å². The van der Waals surface area contributed by atoms with Crippen LogP contribution in [0.25, 0.3) is 11.1 Å². The van der Waals surface area contributed by atoms with Crippen LogP contribution in [0.5, 0.6) is 0 Å². The lowest BCUT2D eigenvalue weighted by Gasteiger charge is -2.51. The van der Waals surface area contributed by atoms with Gasteiger partial charge in [0.25, 0.3) is 5.91 Å². The molecule has 2 unspecified atom stereocenters. The first-order chi connectivity index (χ1) is 15.3. The number of rotatable bonds is 3. The Labute approximate surface area is 189 Å². The molecule has 1 amide bonds. The highest BCUT2D eigenvalue weighted by atomic mass is 16.2. The molecule has 1 aromatic carbocycles. The first-order valence-electron chi connectivity index (χ1n) is 11.2. The number of aromatic nitrogens is 1. The third kappa shape index (κ3) is 2.85. The monoisotopic (exact) mass is 427 g/mol. The molecule has 0 spiro atoms. The predicted octanol–water partition coefficient (Wildman–Crippen LogP) is 4.88. The Morgan fingerprint density at radius 3 is 2.72 bits per heavy atom. The average molecular weight is 428 g/mol. The Bertz CT molecular complexity index is 1210. The average Bonchev–Trinajstić information content (AvgIpc) is 3.25. The Kier molecular flexibility index (Phi) is 4.59. The van der Waals surface area contributed by atoms with Crippen molar-refractivity contribution in [2.75, 3.05) is 7.05 Å². The van der Waals surface area contributed by atoms with Crippen molar-refractivity contribution in [2.45, 2.75) is 57.7 Å². The fourth-order valence-corrected chi connectivity index (χ4v) is 5.41. The van der Waals surface area contributed by atoms with Crippen LogP contribution in [-0.4, -0.2) is 34.5 Å². The molecule has 6 nitrogen and oxygen atoms in total. The number of nitrogens with zero attached hydrogens (tertiary/aromatic N) is 4. The van der Waals surface area contributed by atoms with Crippen molar-refractivity contribution in [2.24, 2.45) is 10.2 Å². The van der Waals surface area contributed by atoms with Crippen molar-refractivity contribution in [1.82, 2.24) is 15.2 Å². The number of nitrogens with one attached hydrogen (secondary N) is 1. The number of aryl methyl sites for hydroxylation is 1. The summed E-state index contributed by atoms with van der Waals surface area (Å²) in [6.07, 6.45) is 4.97. The van der Waals surface area contributed by atoms with Gasteiger partial charge in [0, 0.05) is 42.2 Å². The van der Waals surface area contributed by atoms with Crippen LogP contribution in [0.4, 0.5) is 0 Å². The van der Waals surface area contributed by atoms with Crippen LogP contribution in [0.1, 0.15) is 44.9 Å². The fourth-order valence-electron chi connectivity index (χ4n) is 5.41. The van der Waals surface area contributed by atoms with Crippen molar-refractivity contribution in [1.29, 1.82) is 0 Å². The number of pyridine rings is 1. The molecule has 0 saturated carbocycles. The topological polar surface area (TPSA) is 70.0 Å². The quantitative estimate of drug-likeness (QED) is 0.759. The first kappa shape index (κ1) is 20.6. The summed E-state index contributed by atoms with van der Waals surface area (Å²) in [7, 11) is 1.91. The van der Waals surface area contributed by atoms with E-state index in [0.717, 1.165) is 52.1 Å². The van der Waals surface area contributed by atoms with Gasteiger partial charge in [-0.25, -0.2) is 0 Å². The number of benzene rings is 1. The van der Waals surface area contributed by atoms with E-state index in [1.54, 1.807) is 0 Å². The second-order valence-electron chi connectivity index (χ2n) is 9.59. The number of carbonyl (C=O) groups excluding carboxylic acids is 1. The van der Waals surface area contributed by atoms with E-state index in [2.05, 4.69) is 71.6 Å².